The molecule has 0 unspecified atom stereocenters. The lowest BCUT2D eigenvalue weighted by Gasteiger charge is -2.09. The molecule has 0 saturated heterocycles. The van der Waals surface area contributed by atoms with Crippen molar-refractivity contribution in [2.45, 2.75) is 5.03 Å². The van der Waals surface area contributed by atoms with Crippen molar-refractivity contribution < 1.29 is 9.90 Å². The van der Waals surface area contributed by atoms with E-state index in [4.69, 9.17) is 28.2 Å². The summed E-state index contributed by atoms with van der Waals surface area (Å²) in [4.78, 5) is 18.7. The van der Waals surface area contributed by atoms with E-state index in [1.165, 1.54) is 6.20 Å². The molecule has 6 nitrogen and oxygen atoms in total. The van der Waals surface area contributed by atoms with Crippen molar-refractivity contribution in [2.75, 3.05) is 17.2 Å². The van der Waals surface area contributed by atoms with Gasteiger partial charge in [-0.05, 0) is 17.7 Å². The topological polar surface area (TPSA) is 115 Å². The molecule has 0 radical (unpaired) electrons. The first-order valence-electron chi connectivity index (χ1n) is 5.50. The third-order valence-corrected chi connectivity index (χ3v) is 3.73. The summed E-state index contributed by atoms with van der Waals surface area (Å²) in [6.07, 6.45) is 1.54. The van der Waals surface area contributed by atoms with Crippen LogP contribution in [0, 0.1) is 0 Å². The van der Waals surface area contributed by atoms with Crippen molar-refractivity contribution in [2.24, 2.45) is 0 Å². The van der Waals surface area contributed by atoms with Gasteiger partial charge in [-0.25, -0.2) is 9.97 Å². The van der Waals surface area contributed by atoms with Gasteiger partial charge in [-0.15, -0.1) is 0 Å². The Morgan fingerprint density at radius 1 is 1.40 bits per heavy atom. The van der Waals surface area contributed by atoms with Crippen molar-refractivity contribution in [1.82, 2.24) is 9.97 Å². The first-order valence-corrected chi connectivity index (χ1v) is 6.86. The fourth-order valence-corrected chi connectivity index (χ4v) is 2.39. The van der Waals surface area contributed by atoms with Crippen LogP contribution in [0.1, 0.15) is 0 Å². The Morgan fingerprint density at radius 3 is 2.80 bits per heavy atom. The quantitative estimate of drug-likeness (QED) is 0.450. The number of hydrogen-bond donors (Lipinski definition) is 3. The number of hydrogen-bond acceptors (Lipinski definition) is 6. The van der Waals surface area contributed by atoms with Crippen molar-refractivity contribution in [3.8, 4) is 11.1 Å². The van der Waals surface area contributed by atoms with Crippen LogP contribution < -0.4 is 11.5 Å². The highest BCUT2D eigenvalue weighted by atomic mass is 35.5. The van der Waals surface area contributed by atoms with Crippen LogP contribution >= 0.6 is 23.4 Å². The van der Waals surface area contributed by atoms with Gasteiger partial charge in [0.15, 0.2) is 0 Å². The number of carboxylic acids is 1. The van der Waals surface area contributed by atoms with Crippen molar-refractivity contribution in [3.63, 3.8) is 0 Å². The lowest BCUT2D eigenvalue weighted by Crippen LogP contribution is -2.02. The molecular formula is C12H11ClN4O2S. The summed E-state index contributed by atoms with van der Waals surface area (Å²) in [7, 11) is 0. The Hall–Kier alpha value is -1.99. The van der Waals surface area contributed by atoms with E-state index in [0.717, 1.165) is 17.3 Å². The molecule has 1 aromatic heterocycles. The number of nitrogens with zero attached hydrogens (tertiary/aromatic N) is 2. The van der Waals surface area contributed by atoms with Gasteiger partial charge in [0.2, 0.25) is 5.95 Å². The highest BCUT2D eigenvalue weighted by molar-refractivity contribution is 8.00. The molecule has 1 heterocycles. The third kappa shape index (κ3) is 3.31. The second-order valence-electron chi connectivity index (χ2n) is 3.87. The number of thioether (sulfide) groups is 1. The maximum Gasteiger partial charge on any atom is 0.313 e. The summed E-state index contributed by atoms with van der Waals surface area (Å²) >= 11 is 6.95. The van der Waals surface area contributed by atoms with Gasteiger partial charge >= 0.3 is 5.97 Å². The highest BCUT2D eigenvalue weighted by Crippen LogP contribution is 2.32. The number of aliphatic carboxylic acids is 1. The molecule has 0 fully saturated rings. The van der Waals surface area contributed by atoms with Gasteiger partial charge < -0.3 is 16.6 Å². The van der Waals surface area contributed by atoms with E-state index in [1.54, 1.807) is 18.2 Å². The van der Waals surface area contributed by atoms with Crippen LogP contribution in [0.25, 0.3) is 11.1 Å². The fourth-order valence-electron chi connectivity index (χ4n) is 1.53. The Bertz CT molecular complexity index is 666. The number of nitrogen functional groups attached to an aromatic ring is 2. The molecule has 0 bridgehead atoms. The number of nitrogens with two attached hydrogens (primary N) is 2. The first kappa shape index (κ1) is 14.4. The molecule has 0 spiro atoms. The van der Waals surface area contributed by atoms with E-state index in [1.807, 2.05) is 0 Å². The molecule has 0 saturated carbocycles. The maximum absolute atomic E-state index is 10.7. The molecule has 0 aliphatic heterocycles. The van der Waals surface area contributed by atoms with E-state index in [2.05, 4.69) is 9.97 Å². The lowest BCUT2D eigenvalue weighted by atomic mass is 10.1. The summed E-state index contributed by atoms with van der Waals surface area (Å²) in [5.41, 5.74) is 13.1. The van der Waals surface area contributed by atoms with Gasteiger partial charge in [-0.3, -0.25) is 4.79 Å². The zero-order valence-electron chi connectivity index (χ0n) is 10.2. The van der Waals surface area contributed by atoms with Gasteiger partial charge in [-0.1, -0.05) is 29.4 Å². The molecule has 2 aromatic rings. The average molecular weight is 311 g/mol. The van der Waals surface area contributed by atoms with E-state index >= 15 is 0 Å². The van der Waals surface area contributed by atoms with Gasteiger partial charge in [-0.2, -0.15) is 0 Å². The fraction of sp³-hybridized carbons (Fsp3) is 0.0833. The number of anilines is 2. The molecule has 8 heteroatoms. The Morgan fingerprint density at radius 2 is 2.15 bits per heavy atom. The van der Waals surface area contributed by atoms with E-state index < -0.39 is 5.97 Å². The second-order valence-corrected chi connectivity index (χ2v) is 5.24. The molecule has 0 amide bonds. The summed E-state index contributed by atoms with van der Waals surface area (Å²) in [6, 6.07) is 5.11. The van der Waals surface area contributed by atoms with Crippen LogP contribution in [0.3, 0.4) is 0 Å². The first-order chi connectivity index (χ1) is 9.47. The summed E-state index contributed by atoms with van der Waals surface area (Å²) in [6.45, 7) is 0. The number of carbonyl (C=O) groups is 1. The minimum absolute atomic E-state index is 0.0866. The molecule has 5 N–H and O–H groups in total. The highest BCUT2D eigenvalue weighted by Gasteiger charge is 2.12. The van der Waals surface area contributed by atoms with Crippen molar-refractivity contribution in [3.05, 3.63) is 29.4 Å². The lowest BCUT2D eigenvalue weighted by molar-refractivity contribution is -0.133. The predicted molar refractivity (Wildman–Crippen MR) is 79.7 cm³/mol. The van der Waals surface area contributed by atoms with Crippen molar-refractivity contribution in [1.29, 1.82) is 0 Å². The predicted octanol–water partition coefficient (Wildman–Crippen LogP) is 2.14. The standard InChI is InChI=1S/C12H11ClN4O2S/c13-8-2-1-6(3-9(8)14)7-4-16-12(15)17-11(7)20-5-10(18)19/h1-4H,5,14H2,(H,18,19)(H2,15,16,17). The van der Waals surface area contributed by atoms with Crippen LogP contribution in [0.4, 0.5) is 11.6 Å². The van der Waals surface area contributed by atoms with Gasteiger partial charge in [0, 0.05) is 11.8 Å². The normalized spacial score (nSPS) is 10.4. The van der Waals surface area contributed by atoms with Crippen LogP contribution in [-0.4, -0.2) is 26.8 Å². The molecule has 2 rings (SSSR count). The Labute approximate surface area is 124 Å². The third-order valence-electron chi connectivity index (χ3n) is 2.41. The minimum atomic E-state index is -0.936. The van der Waals surface area contributed by atoms with Gasteiger partial charge in [0.25, 0.3) is 0 Å². The van der Waals surface area contributed by atoms with Gasteiger partial charge in [0.05, 0.1) is 16.5 Å². The van der Waals surface area contributed by atoms with Crippen LogP contribution in [0.15, 0.2) is 29.4 Å². The zero-order chi connectivity index (χ0) is 14.7. The number of carboxylic acid groups (broad SMARTS) is 1. The molecule has 104 valence electrons. The van der Waals surface area contributed by atoms with Gasteiger partial charge in [0.1, 0.15) is 5.03 Å². The molecule has 1 aromatic carbocycles. The number of rotatable bonds is 4. The maximum atomic E-state index is 10.7. The second kappa shape index (κ2) is 5.98. The molecule has 20 heavy (non-hydrogen) atoms. The summed E-state index contributed by atoms with van der Waals surface area (Å²) in [5.74, 6) is -0.968. The Kier molecular flexibility index (Phi) is 4.31. The van der Waals surface area contributed by atoms with Crippen LogP contribution in [0.2, 0.25) is 5.02 Å². The molecule has 0 aliphatic carbocycles. The summed E-state index contributed by atoms with van der Waals surface area (Å²) < 4.78 is 0. The van der Waals surface area contributed by atoms with Crippen molar-refractivity contribution >= 4 is 41.0 Å². The van der Waals surface area contributed by atoms with E-state index in [-0.39, 0.29) is 11.7 Å². The smallest absolute Gasteiger partial charge is 0.313 e. The summed E-state index contributed by atoms with van der Waals surface area (Å²) in [5, 5.41) is 9.69. The minimum Gasteiger partial charge on any atom is -0.481 e. The molecular weight excluding hydrogens is 300 g/mol. The monoisotopic (exact) mass is 310 g/mol. The largest absolute Gasteiger partial charge is 0.481 e. The average Bonchev–Trinajstić information content (AvgIpc) is 2.40. The molecule has 0 aliphatic rings. The number of aromatic nitrogens is 2. The van der Waals surface area contributed by atoms with E-state index in [0.29, 0.717) is 21.3 Å². The van der Waals surface area contributed by atoms with Crippen LogP contribution in [-0.2, 0) is 4.79 Å². The van der Waals surface area contributed by atoms with E-state index in [9.17, 15) is 4.79 Å². The SMILES string of the molecule is Nc1ncc(-c2ccc(Cl)c(N)c2)c(SCC(=O)O)n1. The Balaban J connectivity index is 2.43. The number of halogens is 1. The number of benzene rings is 1. The zero-order valence-corrected chi connectivity index (χ0v) is 11.8. The van der Waals surface area contributed by atoms with Crippen LogP contribution in [0.5, 0.6) is 0 Å². The molecule has 0 atom stereocenters.